The zero-order chi connectivity index (χ0) is 22.1. The molecule has 2 heterocycles. The van der Waals surface area contributed by atoms with E-state index in [4.69, 9.17) is 4.74 Å². The Morgan fingerprint density at radius 3 is 2.69 bits per heavy atom. The van der Waals surface area contributed by atoms with Gasteiger partial charge in [-0.25, -0.2) is 0 Å². The fourth-order valence-corrected chi connectivity index (χ4v) is 4.71. The van der Waals surface area contributed by atoms with Gasteiger partial charge in [0.1, 0.15) is 11.9 Å². The first-order valence-corrected chi connectivity index (χ1v) is 11.2. The Morgan fingerprint density at radius 2 is 1.84 bits per heavy atom. The minimum absolute atomic E-state index is 0.0519. The highest BCUT2D eigenvalue weighted by molar-refractivity contribution is 5.99. The number of carbonyl (C=O) groups is 2. The molecule has 32 heavy (non-hydrogen) atoms. The van der Waals surface area contributed by atoms with E-state index in [1.165, 1.54) is 4.80 Å². The third-order valence-corrected chi connectivity index (χ3v) is 6.43. The molecule has 7 nitrogen and oxygen atoms in total. The summed E-state index contributed by atoms with van der Waals surface area (Å²) in [5.74, 6) is 0.919. The standard InChI is InChI=1S/C25H26N4O3/c1-17-12-13-18(32-24-11-5-7-19-20(24)8-4-10-23(19)30)16-28(17)25(31)21-6-2-3-9-22(21)29-26-14-15-27-29/h2-3,5-7,9,11,14-15,17-18H,4,8,10,12-13,16H2,1H3/t17-,18-/m1/s1. The lowest BCUT2D eigenvalue weighted by molar-refractivity contribution is 0.0381. The Morgan fingerprint density at radius 1 is 1.03 bits per heavy atom. The summed E-state index contributed by atoms with van der Waals surface area (Å²) in [6, 6.07) is 13.2. The van der Waals surface area contributed by atoms with Crippen molar-refractivity contribution in [2.45, 2.75) is 51.2 Å². The molecule has 0 N–H and O–H groups in total. The van der Waals surface area contributed by atoms with E-state index in [1.807, 2.05) is 47.4 Å². The lowest BCUT2D eigenvalue weighted by atomic mass is 9.90. The van der Waals surface area contributed by atoms with E-state index < -0.39 is 0 Å². The Bertz CT molecular complexity index is 1140. The number of hydrogen-bond acceptors (Lipinski definition) is 5. The number of hydrogen-bond donors (Lipinski definition) is 0. The van der Waals surface area contributed by atoms with Gasteiger partial charge in [-0.05, 0) is 50.8 Å². The van der Waals surface area contributed by atoms with Crippen LogP contribution in [0.2, 0.25) is 0 Å². The summed E-state index contributed by atoms with van der Waals surface area (Å²) >= 11 is 0. The number of para-hydroxylation sites is 1. The Labute approximate surface area is 187 Å². The summed E-state index contributed by atoms with van der Waals surface area (Å²) in [4.78, 5) is 29.2. The predicted octanol–water partition coefficient (Wildman–Crippen LogP) is 3.86. The van der Waals surface area contributed by atoms with Crippen LogP contribution < -0.4 is 4.74 Å². The topological polar surface area (TPSA) is 77.3 Å². The number of Topliss-reactive ketones (excluding diaryl/α,β-unsaturated/α-hetero) is 1. The van der Waals surface area contributed by atoms with Gasteiger partial charge in [0.2, 0.25) is 0 Å². The van der Waals surface area contributed by atoms with Crippen LogP contribution in [0.5, 0.6) is 5.75 Å². The van der Waals surface area contributed by atoms with Gasteiger partial charge in [-0.2, -0.15) is 15.0 Å². The van der Waals surface area contributed by atoms with Crippen molar-refractivity contribution < 1.29 is 14.3 Å². The highest BCUT2D eigenvalue weighted by atomic mass is 16.5. The first-order chi connectivity index (χ1) is 15.6. The first kappa shape index (κ1) is 20.4. The lowest BCUT2D eigenvalue weighted by Crippen LogP contribution is -2.49. The van der Waals surface area contributed by atoms with Crippen LogP contribution in [0.3, 0.4) is 0 Å². The largest absolute Gasteiger partial charge is 0.488 e. The average Bonchev–Trinajstić information content (AvgIpc) is 3.35. The molecule has 2 atom stereocenters. The van der Waals surface area contributed by atoms with Gasteiger partial charge >= 0.3 is 0 Å². The molecule has 1 aliphatic carbocycles. The summed E-state index contributed by atoms with van der Waals surface area (Å²) in [7, 11) is 0. The van der Waals surface area contributed by atoms with Crippen molar-refractivity contribution in [2.24, 2.45) is 0 Å². The molecule has 5 rings (SSSR count). The summed E-state index contributed by atoms with van der Waals surface area (Å²) < 4.78 is 6.39. The van der Waals surface area contributed by atoms with Crippen molar-refractivity contribution in [1.82, 2.24) is 19.9 Å². The van der Waals surface area contributed by atoms with Gasteiger partial charge in [0, 0.05) is 23.6 Å². The van der Waals surface area contributed by atoms with Crippen LogP contribution in [0.4, 0.5) is 0 Å². The molecule has 164 valence electrons. The molecule has 1 aliphatic heterocycles. The molecule has 1 amide bonds. The fourth-order valence-electron chi connectivity index (χ4n) is 4.71. The van der Waals surface area contributed by atoms with Crippen LogP contribution in [0.25, 0.3) is 5.69 Å². The lowest BCUT2D eigenvalue weighted by Gasteiger charge is -2.38. The number of nitrogens with zero attached hydrogens (tertiary/aromatic N) is 4. The van der Waals surface area contributed by atoms with Crippen molar-refractivity contribution in [3.05, 3.63) is 71.5 Å². The molecule has 0 radical (unpaired) electrons. The Balaban J connectivity index is 1.38. The number of fused-ring (bicyclic) bond motifs is 1. The highest BCUT2D eigenvalue weighted by Gasteiger charge is 2.32. The average molecular weight is 431 g/mol. The van der Waals surface area contributed by atoms with E-state index in [0.717, 1.165) is 42.6 Å². The van der Waals surface area contributed by atoms with Gasteiger partial charge in [0.05, 0.1) is 30.2 Å². The third-order valence-electron chi connectivity index (χ3n) is 6.43. The zero-order valence-electron chi connectivity index (χ0n) is 18.1. The molecule has 0 saturated carbocycles. The Hall–Kier alpha value is -3.48. The van der Waals surface area contributed by atoms with Crippen molar-refractivity contribution in [3.63, 3.8) is 0 Å². The van der Waals surface area contributed by atoms with Gasteiger partial charge in [-0.3, -0.25) is 9.59 Å². The number of likely N-dealkylation sites (tertiary alicyclic amines) is 1. The van der Waals surface area contributed by atoms with E-state index in [1.54, 1.807) is 12.4 Å². The number of rotatable bonds is 4. The summed E-state index contributed by atoms with van der Waals surface area (Å²) in [5.41, 5.74) is 3.02. The van der Waals surface area contributed by atoms with E-state index >= 15 is 0 Å². The minimum Gasteiger partial charge on any atom is -0.488 e. The second kappa shape index (κ2) is 8.57. The highest BCUT2D eigenvalue weighted by Crippen LogP contribution is 2.32. The molecule has 1 aromatic heterocycles. The van der Waals surface area contributed by atoms with Crippen molar-refractivity contribution in [2.75, 3.05) is 6.54 Å². The number of ketones is 1. The first-order valence-electron chi connectivity index (χ1n) is 11.2. The molecule has 0 spiro atoms. The molecule has 1 saturated heterocycles. The van der Waals surface area contributed by atoms with Gasteiger partial charge in [-0.15, -0.1) is 0 Å². The maximum absolute atomic E-state index is 13.6. The van der Waals surface area contributed by atoms with Crippen molar-refractivity contribution in [3.8, 4) is 11.4 Å². The number of amides is 1. The van der Waals surface area contributed by atoms with Crippen LogP contribution in [0.15, 0.2) is 54.9 Å². The molecular formula is C25H26N4O3. The van der Waals surface area contributed by atoms with Crippen LogP contribution in [0.1, 0.15) is 58.9 Å². The minimum atomic E-state index is -0.117. The smallest absolute Gasteiger partial charge is 0.256 e. The number of ether oxygens (including phenoxy) is 1. The summed E-state index contributed by atoms with van der Waals surface area (Å²) in [6.45, 7) is 2.57. The molecule has 3 aromatic rings. The quantitative estimate of drug-likeness (QED) is 0.628. The van der Waals surface area contributed by atoms with Crippen molar-refractivity contribution >= 4 is 11.7 Å². The van der Waals surface area contributed by atoms with Crippen LogP contribution >= 0.6 is 0 Å². The molecule has 1 fully saturated rings. The number of aromatic nitrogens is 3. The molecular weight excluding hydrogens is 404 g/mol. The zero-order valence-corrected chi connectivity index (χ0v) is 18.1. The fraction of sp³-hybridized carbons (Fsp3) is 0.360. The predicted molar refractivity (Wildman–Crippen MR) is 119 cm³/mol. The van der Waals surface area contributed by atoms with Gasteiger partial charge < -0.3 is 9.64 Å². The van der Waals surface area contributed by atoms with Crippen molar-refractivity contribution in [1.29, 1.82) is 0 Å². The molecule has 7 heteroatoms. The summed E-state index contributed by atoms with van der Waals surface area (Å²) in [5, 5.41) is 8.39. The normalized spacial score (nSPS) is 20.7. The maximum Gasteiger partial charge on any atom is 0.256 e. The molecule has 0 bridgehead atoms. The van der Waals surface area contributed by atoms with E-state index in [9.17, 15) is 9.59 Å². The molecule has 2 aromatic carbocycles. The van der Waals surface area contributed by atoms with E-state index in [2.05, 4.69) is 17.1 Å². The SMILES string of the molecule is C[C@@H]1CC[C@@H](Oc2cccc3c2CCCC3=O)CN1C(=O)c1ccccc1-n1nccn1. The third kappa shape index (κ3) is 3.79. The number of benzene rings is 2. The second-order valence-corrected chi connectivity index (χ2v) is 8.52. The monoisotopic (exact) mass is 430 g/mol. The summed E-state index contributed by atoms with van der Waals surface area (Å²) in [6.07, 6.45) is 7.11. The second-order valence-electron chi connectivity index (χ2n) is 8.52. The van der Waals surface area contributed by atoms with Gasteiger partial charge in [0.15, 0.2) is 5.78 Å². The van der Waals surface area contributed by atoms with E-state index in [-0.39, 0.29) is 23.8 Å². The van der Waals surface area contributed by atoms with E-state index in [0.29, 0.717) is 24.2 Å². The van der Waals surface area contributed by atoms with Gasteiger partial charge in [-0.1, -0.05) is 24.3 Å². The van der Waals surface area contributed by atoms with Crippen LogP contribution in [0, 0.1) is 0 Å². The number of piperidine rings is 1. The molecule has 2 aliphatic rings. The van der Waals surface area contributed by atoms with Crippen LogP contribution in [-0.4, -0.2) is 50.3 Å². The van der Waals surface area contributed by atoms with Gasteiger partial charge in [0.25, 0.3) is 5.91 Å². The maximum atomic E-state index is 13.6. The number of carbonyl (C=O) groups excluding carboxylic acids is 2. The van der Waals surface area contributed by atoms with Crippen LogP contribution in [-0.2, 0) is 6.42 Å². The molecule has 0 unspecified atom stereocenters. The Kier molecular flexibility index (Phi) is 5.47.